The molecule has 1 aliphatic rings. The average molecular weight is 397 g/mol. The second-order valence-electron chi connectivity index (χ2n) is 5.22. The first-order chi connectivity index (χ1) is 10.7. The van der Waals surface area contributed by atoms with E-state index in [1.807, 2.05) is 0 Å². The highest BCUT2D eigenvalue weighted by molar-refractivity contribution is 9.09. The summed E-state index contributed by atoms with van der Waals surface area (Å²) in [5.74, 6) is -7.14. The lowest BCUT2D eigenvalue weighted by molar-refractivity contribution is -0.181. The van der Waals surface area contributed by atoms with E-state index in [-0.39, 0.29) is 0 Å². The Labute approximate surface area is 139 Å². The van der Waals surface area contributed by atoms with Crippen LogP contribution in [0, 0.1) is 17.8 Å². The highest BCUT2D eigenvalue weighted by atomic mass is 79.9. The normalized spacial score (nSPS) is 30.4. The first-order valence-electron chi connectivity index (χ1n) is 6.70. The molecule has 1 rings (SSSR count). The highest BCUT2D eigenvalue weighted by Crippen LogP contribution is 2.43. The van der Waals surface area contributed by atoms with Crippen molar-refractivity contribution in [2.45, 2.75) is 30.4 Å². The molecule has 1 saturated heterocycles. The summed E-state index contributed by atoms with van der Waals surface area (Å²) < 4.78 is 9.98. The first-order valence-corrected chi connectivity index (χ1v) is 7.61. The lowest BCUT2D eigenvalue weighted by Crippen LogP contribution is -2.51. The molecular weight excluding hydrogens is 380 g/mol. The fourth-order valence-electron chi connectivity index (χ4n) is 2.83. The fraction of sp³-hybridized carbons (Fsp3) is 0.692. The minimum absolute atomic E-state index is 0.419. The van der Waals surface area contributed by atoms with Crippen LogP contribution in [-0.4, -0.2) is 57.4 Å². The van der Waals surface area contributed by atoms with Gasteiger partial charge in [-0.25, -0.2) is 4.79 Å². The third kappa shape index (κ3) is 5.17. The molecule has 1 heterocycles. The summed E-state index contributed by atoms with van der Waals surface area (Å²) in [4.78, 5) is 45.1. The van der Waals surface area contributed by atoms with Crippen molar-refractivity contribution < 1.29 is 44.0 Å². The van der Waals surface area contributed by atoms with E-state index in [9.17, 15) is 19.2 Å². The summed E-state index contributed by atoms with van der Waals surface area (Å²) in [7, 11) is 1.10. The number of carbonyl (C=O) groups excluding carboxylic acids is 1. The van der Waals surface area contributed by atoms with Crippen LogP contribution in [0.2, 0.25) is 0 Å². The Hall–Kier alpha value is -1.68. The van der Waals surface area contributed by atoms with Crippen LogP contribution >= 0.6 is 15.9 Å². The van der Waals surface area contributed by atoms with Gasteiger partial charge in [-0.15, -0.1) is 0 Å². The van der Waals surface area contributed by atoms with Gasteiger partial charge in [0, 0.05) is 18.3 Å². The molecule has 0 bridgehead atoms. The van der Waals surface area contributed by atoms with Crippen LogP contribution in [0.4, 0.5) is 0 Å². The number of hydrogen-bond acceptors (Lipinski definition) is 6. The lowest BCUT2D eigenvalue weighted by atomic mass is 9.72. The molecule has 0 aliphatic carbocycles. The van der Waals surface area contributed by atoms with Gasteiger partial charge < -0.3 is 24.8 Å². The Morgan fingerprint density at radius 1 is 0.913 bits per heavy atom. The van der Waals surface area contributed by atoms with Crippen molar-refractivity contribution in [1.29, 1.82) is 0 Å². The molecule has 0 aromatic heterocycles. The third-order valence-electron chi connectivity index (χ3n) is 3.77. The Kier molecular flexibility index (Phi) is 6.95. The predicted octanol–water partition coefficient (Wildman–Crippen LogP) is 0.552. The SMILES string of the molecule is COC(=O)[C@H]1O[C@H](Br)[C@H](CC(=O)O)C(CC(=O)O)[C@@H]1CC(=O)O. The molecule has 1 aliphatic heterocycles. The molecule has 0 spiro atoms. The molecule has 0 aromatic carbocycles. The summed E-state index contributed by atoms with van der Waals surface area (Å²) in [6.45, 7) is 0. The number of ether oxygens (including phenoxy) is 2. The van der Waals surface area contributed by atoms with Gasteiger partial charge in [-0.2, -0.15) is 0 Å². The average Bonchev–Trinajstić information content (AvgIpc) is 2.43. The third-order valence-corrected chi connectivity index (χ3v) is 4.66. The van der Waals surface area contributed by atoms with Gasteiger partial charge >= 0.3 is 23.9 Å². The van der Waals surface area contributed by atoms with E-state index < -0.39 is 72.0 Å². The molecule has 10 heteroatoms. The first kappa shape index (κ1) is 19.4. The molecule has 5 atom stereocenters. The molecular formula is C13H17BrO9. The van der Waals surface area contributed by atoms with Gasteiger partial charge in [0.1, 0.15) is 5.01 Å². The van der Waals surface area contributed by atoms with Gasteiger partial charge in [0.25, 0.3) is 0 Å². The molecule has 0 amide bonds. The second-order valence-corrected chi connectivity index (χ2v) is 6.12. The van der Waals surface area contributed by atoms with Crippen molar-refractivity contribution >= 4 is 39.8 Å². The standard InChI is InChI=1S/C13H17BrO9/c1-22-13(21)11-6(3-9(17)18)5(2-8(15)16)7(4-10(19)20)12(14)23-11/h5-7,11-12H,2-4H2,1H3,(H,15,16)(H,17,18)(H,19,20)/t5?,6-,7+,11-,12-/m0/s1. The number of alkyl halides is 1. The zero-order valence-electron chi connectivity index (χ0n) is 12.2. The Morgan fingerprint density at radius 2 is 1.35 bits per heavy atom. The van der Waals surface area contributed by atoms with Crippen molar-refractivity contribution in [2.24, 2.45) is 17.8 Å². The van der Waals surface area contributed by atoms with Crippen LogP contribution in [0.3, 0.4) is 0 Å². The van der Waals surface area contributed by atoms with E-state index in [0.717, 1.165) is 7.11 Å². The van der Waals surface area contributed by atoms with Crippen molar-refractivity contribution in [3.05, 3.63) is 0 Å². The Bertz CT molecular complexity index is 492. The van der Waals surface area contributed by atoms with Crippen LogP contribution in [0.15, 0.2) is 0 Å². The number of esters is 1. The van der Waals surface area contributed by atoms with Crippen molar-refractivity contribution in [2.75, 3.05) is 7.11 Å². The van der Waals surface area contributed by atoms with E-state index in [1.54, 1.807) is 0 Å². The summed E-state index contributed by atoms with van der Waals surface area (Å²) in [6.07, 6.45) is -2.71. The maximum atomic E-state index is 11.8. The van der Waals surface area contributed by atoms with Gasteiger partial charge in [-0.05, 0) is 5.92 Å². The molecule has 9 nitrogen and oxygen atoms in total. The quantitative estimate of drug-likeness (QED) is 0.414. The minimum Gasteiger partial charge on any atom is -0.481 e. The second kappa shape index (κ2) is 8.25. The molecule has 0 saturated carbocycles. The summed E-state index contributed by atoms with van der Waals surface area (Å²) >= 11 is 3.11. The maximum Gasteiger partial charge on any atom is 0.335 e. The van der Waals surface area contributed by atoms with Crippen molar-refractivity contribution in [3.8, 4) is 0 Å². The molecule has 1 unspecified atom stereocenters. The summed E-state index contributed by atoms with van der Waals surface area (Å²) in [5, 5.41) is 26.2. The van der Waals surface area contributed by atoms with Gasteiger partial charge in [-0.3, -0.25) is 14.4 Å². The number of carboxylic acid groups (broad SMARTS) is 3. The largest absolute Gasteiger partial charge is 0.481 e. The van der Waals surface area contributed by atoms with Gasteiger partial charge in [0.05, 0.1) is 20.0 Å². The van der Waals surface area contributed by atoms with Crippen molar-refractivity contribution in [1.82, 2.24) is 0 Å². The number of carboxylic acids is 3. The van der Waals surface area contributed by atoms with Crippen LogP contribution in [0.5, 0.6) is 0 Å². The topological polar surface area (TPSA) is 147 Å². The molecule has 0 radical (unpaired) electrons. The van der Waals surface area contributed by atoms with Crippen LogP contribution in [0.25, 0.3) is 0 Å². The monoisotopic (exact) mass is 396 g/mol. The van der Waals surface area contributed by atoms with E-state index >= 15 is 0 Å². The van der Waals surface area contributed by atoms with E-state index in [0.29, 0.717) is 0 Å². The van der Waals surface area contributed by atoms with E-state index in [4.69, 9.17) is 20.1 Å². The van der Waals surface area contributed by atoms with E-state index in [1.165, 1.54) is 0 Å². The number of halogens is 1. The van der Waals surface area contributed by atoms with Crippen LogP contribution < -0.4 is 0 Å². The van der Waals surface area contributed by atoms with Gasteiger partial charge in [0.15, 0.2) is 6.10 Å². The van der Waals surface area contributed by atoms with Crippen molar-refractivity contribution in [3.63, 3.8) is 0 Å². The zero-order valence-corrected chi connectivity index (χ0v) is 13.8. The molecule has 23 heavy (non-hydrogen) atoms. The fourth-order valence-corrected chi connectivity index (χ4v) is 3.65. The Balaban J connectivity index is 3.21. The molecule has 1 fully saturated rings. The number of methoxy groups -OCH3 is 1. The molecule has 0 aromatic rings. The summed E-state index contributed by atoms with van der Waals surface area (Å²) in [5.41, 5.74) is 0. The zero-order chi connectivity index (χ0) is 17.7. The van der Waals surface area contributed by atoms with Crippen LogP contribution in [-0.2, 0) is 28.7 Å². The predicted molar refractivity (Wildman–Crippen MR) is 76.8 cm³/mol. The molecule has 3 N–H and O–H groups in total. The number of carbonyl (C=O) groups is 4. The lowest BCUT2D eigenvalue weighted by Gasteiger charge is -2.43. The number of rotatable bonds is 7. The maximum absolute atomic E-state index is 11.8. The highest BCUT2D eigenvalue weighted by Gasteiger charge is 2.49. The van der Waals surface area contributed by atoms with Crippen LogP contribution in [0.1, 0.15) is 19.3 Å². The smallest absolute Gasteiger partial charge is 0.335 e. The Morgan fingerprint density at radius 3 is 1.78 bits per heavy atom. The summed E-state index contributed by atoms with van der Waals surface area (Å²) in [6, 6.07) is 0. The van der Waals surface area contributed by atoms with E-state index in [2.05, 4.69) is 20.7 Å². The van der Waals surface area contributed by atoms with Gasteiger partial charge in [0.2, 0.25) is 0 Å². The van der Waals surface area contributed by atoms with Gasteiger partial charge in [-0.1, -0.05) is 15.9 Å². The number of aliphatic carboxylic acids is 3. The minimum atomic E-state index is -1.28. The number of hydrogen-bond donors (Lipinski definition) is 3. The molecule has 130 valence electrons.